The van der Waals surface area contributed by atoms with Crippen LogP contribution in [0.3, 0.4) is 0 Å². The topological polar surface area (TPSA) is 39.7 Å². The zero-order chi connectivity index (χ0) is 14.1. The van der Waals surface area contributed by atoms with Gasteiger partial charge in [-0.15, -0.1) is 0 Å². The van der Waals surface area contributed by atoms with E-state index in [1.54, 1.807) is 21.3 Å². The number of benzene rings is 1. The Morgan fingerprint density at radius 2 is 1.84 bits per heavy atom. The van der Waals surface area contributed by atoms with Crippen LogP contribution in [0.4, 0.5) is 0 Å². The second-order valence-electron chi connectivity index (χ2n) is 4.51. The minimum Gasteiger partial charge on any atom is -0.493 e. The molecule has 1 atom stereocenters. The van der Waals surface area contributed by atoms with Gasteiger partial charge in [0.2, 0.25) is 0 Å². The highest BCUT2D eigenvalue weighted by Gasteiger charge is 2.10. The third-order valence-electron chi connectivity index (χ3n) is 3.24. The van der Waals surface area contributed by atoms with Crippen molar-refractivity contribution in [3.63, 3.8) is 0 Å². The van der Waals surface area contributed by atoms with Gasteiger partial charge in [0.1, 0.15) is 0 Å². The molecular weight excluding hydrogens is 242 g/mol. The molecule has 1 unspecified atom stereocenters. The second-order valence-corrected chi connectivity index (χ2v) is 4.51. The Hall–Kier alpha value is -1.26. The highest BCUT2D eigenvalue weighted by Crippen LogP contribution is 2.28. The summed E-state index contributed by atoms with van der Waals surface area (Å²) in [4.78, 5) is 0. The summed E-state index contributed by atoms with van der Waals surface area (Å²) in [6, 6.07) is 6.53. The molecule has 0 heterocycles. The zero-order valence-corrected chi connectivity index (χ0v) is 12.4. The minimum absolute atomic E-state index is 0.452. The lowest BCUT2D eigenvalue weighted by atomic mass is 10.0. The lowest BCUT2D eigenvalue weighted by Gasteiger charge is -2.17. The smallest absolute Gasteiger partial charge is 0.160 e. The first-order valence-corrected chi connectivity index (χ1v) is 6.62. The fourth-order valence-electron chi connectivity index (χ4n) is 2.11. The van der Waals surface area contributed by atoms with Crippen LogP contribution in [-0.2, 0) is 11.2 Å². The molecule has 0 aromatic heterocycles. The largest absolute Gasteiger partial charge is 0.493 e. The van der Waals surface area contributed by atoms with Crippen molar-refractivity contribution >= 4 is 0 Å². The molecule has 1 aromatic carbocycles. The maximum Gasteiger partial charge on any atom is 0.160 e. The Labute approximate surface area is 116 Å². The maximum atomic E-state index is 5.33. The van der Waals surface area contributed by atoms with E-state index in [2.05, 4.69) is 11.4 Å². The summed E-state index contributed by atoms with van der Waals surface area (Å²) in [5.74, 6) is 1.55. The van der Waals surface area contributed by atoms with E-state index in [4.69, 9.17) is 14.2 Å². The Morgan fingerprint density at radius 1 is 1.11 bits per heavy atom. The van der Waals surface area contributed by atoms with Crippen LogP contribution in [-0.4, -0.2) is 41.0 Å². The summed E-state index contributed by atoms with van der Waals surface area (Å²) in [7, 11) is 7.05. The van der Waals surface area contributed by atoms with Crippen molar-refractivity contribution in [1.82, 2.24) is 5.32 Å². The molecule has 1 aromatic rings. The van der Waals surface area contributed by atoms with Crippen molar-refractivity contribution in [3.8, 4) is 11.5 Å². The van der Waals surface area contributed by atoms with Crippen LogP contribution in [0.25, 0.3) is 0 Å². The predicted octanol–water partition coefficient (Wildman–Crippen LogP) is 2.26. The molecule has 1 rings (SSSR count). The fourth-order valence-corrected chi connectivity index (χ4v) is 2.11. The molecule has 4 heteroatoms. The molecule has 0 aliphatic carbocycles. The van der Waals surface area contributed by atoms with Crippen molar-refractivity contribution in [1.29, 1.82) is 0 Å². The molecular formula is C15H25NO3. The predicted molar refractivity (Wildman–Crippen MR) is 77.2 cm³/mol. The number of hydrogen-bond acceptors (Lipinski definition) is 4. The van der Waals surface area contributed by atoms with Crippen LogP contribution in [0.2, 0.25) is 0 Å². The fraction of sp³-hybridized carbons (Fsp3) is 0.600. The van der Waals surface area contributed by atoms with Crippen molar-refractivity contribution in [2.75, 3.05) is 35.0 Å². The Morgan fingerprint density at radius 3 is 2.42 bits per heavy atom. The number of rotatable bonds is 9. The third kappa shape index (κ3) is 5.09. The van der Waals surface area contributed by atoms with Crippen LogP contribution in [0, 0.1) is 0 Å². The molecule has 0 spiro atoms. The molecule has 0 amide bonds. The summed E-state index contributed by atoms with van der Waals surface area (Å²) in [5, 5.41) is 3.35. The summed E-state index contributed by atoms with van der Waals surface area (Å²) in [5.41, 5.74) is 1.24. The summed E-state index contributed by atoms with van der Waals surface area (Å²) < 4.78 is 15.7. The molecule has 4 nitrogen and oxygen atoms in total. The normalized spacial score (nSPS) is 12.2. The zero-order valence-electron chi connectivity index (χ0n) is 12.4. The van der Waals surface area contributed by atoms with Crippen LogP contribution >= 0.6 is 0 Å². The van der Waals surface area contributed by atoms with Crippen LogP contribution in [0.5, 0.6) is 11.5 Å². The van der Waals surface area contributed by atoms with Crippen molar-refractivity contribution in [3.05, 3.63) is 23.8 Å². The molecule has 0 bridgehead atoms. The SMILES string of the molecule is CNC(CCCOC)Cc1ccc(OC)c(OC)c1. The lowest BCUT2D eigenvalue weighted by Crippen LogP contribution is -2.27. The Balaban J connectivity index is 2.63. The Bertz CT molecular complexity index is 368. The van der Waals surface area contributed by atoms with Crippen LogP contribution in [0.15, 0.2) is 18.2 Å². The van der Waals surface area contributed by atoms with Gasteiger partial charge in [0.25, 0.3) is 0 Å². The van der Waals surface area contributed by atoms with Gasteiger partial charge in [-0.25, -0.2) is 0 Å². The van der Waals surface area contributed by atoms with Gasteiger partial charge in [-0.1, -0.05) is 6.07 Å². The average Bonchev–Trinajstić information content (AvgIpc) is 2.46. The molecule has 0 saturated carbocycles. The Kier molecular flexibility index (Phi) is 7.30. The summed E-state index contributed by atoms with van der Waals surface area (Å²) >= 11 is 0. The molecule has 0 aliphatic rings. The number of ether oxygens (including phenoxy) is 3. The molecule has 0 fully saturated rings. The molecule has 19 heavy (non-hydrogen) atoms. The van der Waals surface area contributed by atoms with E-state index >= 15 is 0 Å². The van der Waals surface area contributed by atoms with E-state index in [0.717, 1.165) is 37.4 Å². The molecule has 0 saturated heterocycles. The van der Waals surface area contributed by atoms with E-state index in [1.807, 2.05) is 19.2 Å². The quantitative estimate of drug-likeness (QED) is 0.697. The van der Waals surface area contributed by atoms with Gasteiger partial charge in [0, 0.05) is 19.8 Å². The molecule has 1 N–H and O–H groups in total. The van der Waals surface area contributed by atoms with E-state index in [-0.39, 0.29) is 0 Å². The summed E-state index contributed by atoms with van der Waals surface area (Å²) in [6.07, 6.45) is 3.13. The van der Waals surface area contributed by atoms with E-state index in [0.29, 0.717) is 6.04 Å². The molecule has 0 aliphatic heterocycles. The number of hydrogen-bond donors (Lipinski definition) is 1. The van der Waals surface area contributed by atoms with Gasteiger partial charge in [-0.3, -0.25) is 0 Å². The summed E-state index contributed by atoms with van der Waals surface area (Å²) in [6.45, 7) is 0.810. The first-order valence-electron chi connectivity index (χ1n) is 6.62. The standard InChI is InChI=1S/C15H25NO3/c1-16-13(6-5-9-17-2)10-12-7-8-14(18-3)15(11-12)19-4/h7-8,11,13,16H,5-6,9-10H2,1-4H3. The van der Waals surface area contributed by atoms with Crippen LogP contribution < -0.4 is 14.8 Å². The first-order chi connectivity index (χ1) is 9.24. The second kappa shape index (κ2) is 8.77. The van der Waals surface area contributed by atoms with Gasteiger partial charge < -0.3 is 19.5 Å². The minimum atomic E-state index is 0.452. The van der Waals surface area contributed by atoms with Gasteiger partial charge in [-0.05, 0) is 44.0 Å². The van der Waals surface area contributed by atoms with Gasteiger partial charge in [0.05, 0.1) is 14.2 Å². The van der Waals surface area contributed by atoms with E-state index in [1.165, 1.54) is 5.56 Å². The molecule has 0 radical (unpaired) electrons. The lowest BCUT2D eigenvalue weighted by molar-refractivity contribution is 0.189. The number of nitrogens with one attached hydrogen (secondary N) is 1. The maximum absolute atomic E-state index is 5.33. The first kappa shape index (κ1) is 15.8. The highest BCUT2D eigenvalue weighted by atomic mass is 16.5. The van der Waals surface area contributed by atoms with Crippen molar-refractivity contribution in [2.45, 2.75) is 25.3 Å². The monoisotopic (exact) mass is 267 g/mol. The third-order valence-corrected chi connectivity index (χ3v) is 3.24. The van der Waals surface area contributed by atoms with Crippen molar-refractivity contribution in [2.24, 2.45) is 0 Å². The average molecular weight is 267 g/mol. The van der Waals surface area contributed by atoms with E-state index < -0.39 is 0 Å². The van der Waals surface area contributed by atoms with Gasteiger partial charge in [0.15, 0.2) is 11.5 Å². The van der Waals surface area contributed by atoms with E-state index in [9.17, 15) is 0 Å². The van der Waals surface area contributed by atoms with Crippen LogP contribution in [0.1, 0.15) is 18.4 Å². The number of likely N-dealkylation sites (N-methyl/N-ethyl adjacent to an activating group) is 1. The number of methoxy groups -OCH3 is 3. The van der Waals surface area contributed by atoms with Gasteiger partial charge in [-0.2, -0.15) is 0 Å². The van der Waals surface area contributed by atoms with Crippen molar-refractivity contribution < 1.29 is 14.2 Å². The molecule has 108 valence electrons. The van der Waals surface area contributed by atoms with Gasteiger partial charge >= 0.3 is 0 Å². The highest BCUT2D eigenvalue weighted by molar-refractivity contribution is 5.43.